The van der Waals surface area contributed by atoms with E-state index in [0.717, 1.165) is 24.2 Å². The molecule has 0 aliphatic rings. The maximum absolute atomic E-state index is 10.8. The molecule has 3 N–H and O–H groups in total. The van der Waals surface area contributed by atoms with Gasteiger partial charge in [-0.25, -0.2) is 4.79 Å². The maximum atomic E-state index is 10.8. The molecule has 0 bridgehead atoms. The number of rotatable bonds is 6. The summed E-state index contributed by atoms with van der Waals surface area (Å²) >= 11 is 0. The van der Waals surface area contributed by atoms with Crippen molar-refractivity contribution in [1.82, 2.24) is 4.90 Å². The van der Waals surface area contributed by atoms with Gasteiger partial charge in [0.1, 0.15) is 6.04 Å². The van der Waals surface area contributed by atoms with Crippen molar-refractivity contribution in [3.8, 4) is 0 Å². The van der Waals surface area contributed by atoms with Gasteiger partial charge < -0.3 is 10.8 Å². The molecule has 5 nitrogen and oxygen atoms in total. The number of hydrogen-bond donors (Lipinski definition) is 2. The first-order chi connectivity index (χ1) is 6.50. The third-order valence-corrected chi connectivity index (χ3v) is 2.13. The standard InChI is InChI=1S/C9H18N2O3/c1-3-4-5-6-11(9(13)14)7(2)8(10)12/h7H,3-6H2,1-2H3,(H2,10,12)(H,13,14). The van der Waals surface area contributed by atoms with Crippen molar-refractivity contribution in [1.29, 1.82) is 0 Å². The molecule has 2 amide bonds. The molecule has 0 saturated carbocycles. The van der Waals surface area contributed by atoms with Gasteiger partial charge in [-0.3, -0.25) is 9.69 Å². The average Bonchev–Trinajstić information content (AvgIpc) is 2.10. The Morgan fingerprint density at radius 2 is 2.00 bits per heavy atom. The van der Waals surface area contributed by atoms with Gasteiger partial charge in [-0.1, -0.05) is 19.8 Å². The van der Waals surface area contributed by atoms with Crippen molar-refractivity contribution < 1.29 is 14.7 Å². The Bertz CT molecular complexity index is 206. The van der Waals surface area contributed by atoms with E-state index in [2.05, 4.69) is 0 Å². The lowest BCUT2D eigenvalue weighted by molar-refractivity contribution is -0.122. The van der Waals surface area contributed by atoms with E-state index in [4.69, 9.17) is 10.8 Å². The lowest BCUT2D eigenvalue weighted by Crippen LogP contribution is -2.45. The number of carbonyl (C=O) groups is 2. The first kappa shape index (κ1) is 12.7. The summed E-state index contributed by atoms with van der Waals surface area (Å²) in [5.74, 6) is -0.608. The predicted octanol–water partition coefficient (Wildman–Crippen LogP) is 1.03. The molecule has 0 spiro atoms. The number of unbranched alkanes of at least 4 members (excludes halogenated alkanes) is 2. The lowest BCUT2D eigenvalue weighted by Gasteiger charge is -2.23. The summed E-state index contributed by atoms with van der Waals surface area (Å²) in [7, 11) is 0. The van der Waals surface area contributed by atoms with E-state index < -0.39 is 18.0 Å². The molecule has 1 atom stereocenters. The van der Waals surface area contributed by atoms with Gasteiger partial charge in [-0.05, 0) is 13.3 Å². The highest BCUT2D eigenvalue weighted by Gasteiger charge is 2.22. The smallest absolute Gasteiger partial charge is 0.407 e. The Kier molecular flexibility index (Phi) is 5.67. The third-order valence-electron chi connectivity index (χ3n) is 2.13. The van der Waals surface area contributed by atoms with Gasteiger partial charge in [0.2, 0.25) is 5.91 Å². The second kappa shape index (κ2) is 6.23. The number of primary amides is 1. The predicted molar refractivity (Wildman–Crippen MR) is 52.9 cm³/mol. The van der Waals surface area contributed by atoms with Gasteiger partial charge >= 0.3 is 6.09 Å². The van der Waals surface area contributed by atoms with Crippen molar-refractivity contribution in [2.24, 2.45) is 5.73 Å². The van der Waals surface area contributed by atoms with Gasteiger partial charge in [0.05, 0.1) is 0 Å². The van der Waals surface area contributed by atoms with Crippen molar-refractivity contribution in [2.75, 3.05) is 6.54 Å². The number of hydrogen-bond acceptors (Lipinski definition) is 2. The molecular formula is C9H18N2O3. The molecule has 0 aliphatic carbocycles. The summed E-state index contributed by atoms with van der Waals surface area (Å²) in [5.41, 5.74) is 5.03. The topological polar surface area (TPSA) is 83.6 Å². The normalized spacial score (nSPS) is 12.1. The Hall–Kier alpha value is -1.26. The molecule has 14 heavy (non-hydrogen) atoms. The van der Waals surface area contributed by atoms with Crippen LogP contribution in [-0.4, -0.2) is 34.6 Å². The largest absolute Gasteiger partial charge is 0.465 e. The van der Waals surface area contributed by atoms with Crippen LogP contribution in [0.5, 0.6) is 0 Å². The molecule has 0 heterocycles. The van der Waals surface area contributed by atoms with Crippen LogP contribution in [0.3, 0.4) is 0 Å². The van der Waals surface area contributed by atoms with Gasteiger partial charge in [-0.2, -0.15) is 0 Å². The zero-order chi connectivity index (χ0) is 11.1. The molecule has 0 aromatic carbocycles. The van der Waals surface area contributed by atoms with Crippen molar-refractivity contribution in [3.63, 3.8) is 0 Å². The van der Waals surface area contributed by atoms with Crippen LogP contribution < -0.4 is 5.73 Å². The molecule has 0 radical (unpaired) electrons. The number of carboxylic acid groups (broad SMARTS) is 1. The summed E-state index contributed by atoms with van der Waals surface area (Å²) in [5, 5.41) is 8.81. The van der Waals surface area contributed by atoms with E-state index >= 15 is 0 Å². The minimum atomic E-state index is -1.09. The highest BCUT2D eigenvalue weighted by atomic mass is 16.4. The van der Waals surface area contributed by atoms with Crippen LogP contribution in [-0.2, 0) is 4.79 Å². The van der Waals surface area contributed by atoms with E-state index in [1.165, 1.54) is 6.92 Å². The monoisotopic (exact) mass is 202 g/mol. The summed E-state index contributed by atoms with van der Waals surface area (Å²) in [6.45, 7) is 3.90. The first-order valence-electron chi connectivity index (χ1n) is 4.79. The molecule has 0 fully saturated rings. The minimum absolute atomic E-state index is 0.368. The fraction of sp³-hybridized carbons (Fsp3) is 0.778. The van der Waals surface area contributed by atoms with E-state index in [1.807, 2.05) is 6.92 Å². The van der Waals surface area contributed by atoms with E-state index in [9.17, 15) is 9.59 Å². The molecule has 0 aromatic rings. The Balaban J connectivity index is 4.15. The van der Waals surface area contributed by atoms with Crippen LogP contribution in [0.15, 0.2) is 0 Å². The van der Waals surface area contributed by atoms with E-state index in [0.29, 0.717) is 6.54 Å². The number of carbonyl (C=O) groups excluding carboxylic acids is 1. The van der Waals surface area contributed by atoms with Crippen LogP contribution in [0.25, 0.3) is 0 Å². The van der Waals surface area contributed by atoms with Crippen molar-refractivity contribution >= 4 is 12.0 Å². The zero-order valence-electron chi connectivity index (χ0n) is 8.69. The van der Waals surface area contributed by atoms with Gasteiger partial charge in [0.15, 0.2) is 0 Å². The van der Waals surface area contributed by atoms with Gasteiger partial charge in [-0.15, -0.1) is 0 Å². The number of nitrogens with zero attached hydrogens (tertiary/aromatic N) is 1. The van der Waals surface area contributed by atoms with Crippen LogP contribution in [0, 0.1) is 0 Å². The van der Waals surface area contributed by atoms with Crippen LogP contribution in [0.4, 0.5) is 4.79 Å². The molecule has 0 aromatic heterocycles. The number of nitrogens with two attached hydrogens (primary N) is 1. The summed E-state index contributed by atoms with van der Waals surface area (Å²) in [6, 6.07) is -0.746. The molecule has 0 rings (SSSR count). The quantitative estimate of drug-likeness (QED) is 0.631. The second-order valence-electron chi connectivity index (χ2n) is 3.26. The SMILES string of the molecule is CCCCCN(C(=O)O)C(C)C(N)=O. The van der Waals surface area contributed by atoms with Crippen LogP contribution in [0.1, 0.15) is 33.1 Å². The summed E-state index contributed by atoms with van der Waals surface area (Å²) in [4.78, 5) is 22.6. The highest BCUT2D eigenvalue weighted by Crippen LogP contribution is 2.03. The molecule has 0 saturated heterocycles. The van der Waals surface area contributed by atoms with E-state index in [1.54, 1.807) is 0 Å². The van der Waals surface area contributed by atoms with Gasteiger partial charge in [0, 0.05) is 6.54 Å². The Morgan fingerprint density at radius 1 is 1.43 bits per heavy atom. The average molecular weight is 202 g/mol. The molecule has 0 aliphatic heterocycles. The highest BCUT2D eigenvalue weighted by molar-refractivity contribution is 5.83. The van der Waals surface area contributed by atoms with Crippen LogP contribution in [0.2, 0.25) is 0 Å². The fourth-order valence-electron chi connectivity index (χ4n) is 1.14. The van der Waals surface area contributed by atoms with Crippen molar-refractivity contribution in [3.05, 3.63) is 0 Å². The number of amides is 2. The molecule has 82 valence electrons. The minimum Gasteiger partial charge on any atom is -0.465 e. The second-order valence-corrected chi connectivity index (χ2v) is 3.26. The van der Waals surface area contributed by atoms with Crippen molar-refractivity contribution in [2.45, 2.75) is 39.2 Å². The molecular weight excluding hydrogens is 184 g/mol. The van der Waals surface area contributed by atoms with Crippen LogP contribution >= 0.6 is 0 Å². The van der Waals surface area contributed by atoms with E-state index in [-0.39, 0.29) is 0 Å². The molecule has 5 heteroatoms. The summed E-state index contributed by atoms with van der Waals surface area (Å²) in [6.07, 6.45) is 1.64. The lowest BCUT2D eigenvalue weighted by atomic mass is 10.2. The third kappa shape index (κ3) is 4.11. The zero-order valence-corrected chi connectivity index (χ0v) is 8.69. The molecule has 1 unspecified atom stereocenters. The first-order valence-corrected chi connectivity index (χ1v) is 4.79. The Morgan fingerprint density at radius 3 is 2.36 bits per heavy atom. The fourth-order valence-corrected chi connectivity index (χ4v) is 1.14. The Labute approximate surface area is 83.9 Å². The van der Waals surface area contributed by atoms with Gasteiger partial charge in [0.25, 0.3) is 0 Å². The summed E-state index contributed by atoms with van der Waals surface area (Å²) < 4.78 is 0. The maximum Gasteiger partial charge on any atom is 0.407 e.